The number of aryl methyl sites for hydroxylation is 2. The zero-order chi connectivity index (χ0) is 34.8. The van der Waals surface area contributed by atoms with Crippen LogP contribution in [0.1, 0.15) is 22.4 Å². The molecule has 1 aliphatic heterocycles. The first-order chi connectivity index (χ1) is 21.9. The van der Waals surface area contributed by atoms with Crippen LogP contribution in [0.4, 0.5) is 0 Å². The van der Waals surface area contributed by atoms with E-state index in [1.54, 1.807) is 42.0 Å². The minimum Gasteiger partial charge on any atom is -0.505 e. The van der Waals surface area contributed by atoms with Crippen molar-refractivity contribution in [2.75, 3.05) is 20.3 Å². The highest BCUT2D eigenvalue weighted by Gasteiger charge is 2.60. The van der Waals surface area contributed by atoms with Gasteiger partial charge in [0.15, 0.2) is 22.9 Å². The molecule has 2 aromatic carbocycles. The summed E-state index contributed by atoms with van der Waals surface area (Å²) >= 11 is 1.20. The maximum Gasteiger partial charge on any atom is 0.373 e. The fraction of sp³-hybridized carbons (Fsp3) is 0.269. The topological polar surface area (TPSA) is 258 Å². The van der Waals surface area contributed by atoms with Gasteiger partial charge < -0.3 is 43.9 Å². The Morgan fingerprint density at radius 3 is 2.45 bits per heavy atom. The van der Waals surface area contributed by atoms with E-state index in [0.29, 0.717) is 28.6 Å². The van der Waals surface area contributed by atoms with Gasteiger partial charge in [-0.05, 0) is 43.2 Å². The molecular formula is C26H30N4O13P2S2. The number of aliphatic hydroxyl groups is 2. The lowest BCUT2D eigenvalue weighted by Gasteiger charge is -2.27. The Labute approximate surface area is 271 Å². The number of aliphatic hydroxyl groups excluding tert-OH is 1. The second-order valence-corrected chi connectivity index (χ2v) is 17.2. The Morgan fingerprint density at radius 2 is 1.77 bits per heavy atom. The van der Waals surface area contributed by atoms with Crippen LogP contribution < -0.4 is 9.54 Å². The van der Waals surface area contributed by atoms with Crippen molar-refractivity contribution >= 4 is 54.4 Å². The van der Waals surface area contributed by atoms with Crippen LogP contribution in [-0.2, 0) is 35.3 Å². The zero-order valence-electron chi connectivity index (χ0n) is 24.6. The molecule has 0 unspecified atom stereocenters. The van der Waals surface area contributed by atoms with E-state index in [-0.39, 0.29) is 21.9 Å². The predicted octanol–water partition coefficient (Wildman–Crippen LogP) is 1.67. The SMILES string of the molecule is Cc1cn(CCCOc2cccc(/C=N/OCC(O)(P(=O)(O)O)P(=O)(O)O)c2)c(=NC(=O)C2=C(O)c3ccccc3S(=O)(=O)N2C)s1. The number of fused-ring (bicyclic) bond motifs is 1. The van der Waals surface area contributed by atoms with Crippen LogP contribution in [0.5, 0.6) is 5.75 Å². The average molecular weight is 733 g/mol. The number of aromatic nitrogens is 1. The molecule has 3 aromatic rings. The number of hydrogen-bond donors (Lipinski definition) is 6. The number of thiazole rings is 1. The summed E-state index contributed by atoms with van der Waals surface area (Å²) in [5, 5.41) is 20.2. The molecule has 1 amide bonds. The Hall–Kier alpha value is -3.64. The molecular weight excluding hydrogens is 702 g/mol. The summed E-state index contributed by atoms with van der Waals surface area (Å²) in [4.78, 5) is 59.4. The summed E-state index contributed by atoms with van der Waals surface area (Å²) < 4.78 is 56.9. The predicted molar refractivity (Wildman–Crippen MR) is 168 cm³/mol. The van der Waals surface area contributed by atoms with E-state index in [0.717, 1.165) is 11.1 Å². The summed E-state index contributed by atoms with van der Waals surface area (Å²) in [6, 6.07) is 12.1. The van der Waals surface area contributed by atoms with E-state index in [4.69, 9.17) is 24.3 Å². The lowest BCUT2D eigenvalue weighted by Crippen LogP contribution is -2.35. The van der Waals surface area contributed by atoms with E-state index < -0.39 is 54.3 Å². The number of hydrogen-bond acceptors (Lipinski definition) is 11. The number of nitrogens with zero attached hydrogens (tertiary/aromatic N) is 4. The number of carbonyl (C=O) groups is 1. The van der Waals surface area contributed by atoms with Crippen molar-refractivity contribution in [2.24, 2.45) is 10.1 Å². The Balaban J connectivity index is 1.40. The second kappa shape index (κ2) is 13.8. The maximum absolute atomic E-state index is 13.2. The summed E-state index contributed by atoms with van der Waals surface area (Å²) in [6.07, 6.45) is 3.28. The van der Waals surface area contributed by atoms with Gasteiger partial charge in [0.1, 0.15) is 5.75 Å². The molecule has 0 atom stereocenters. The molecule has 0 fully saturated rings. The molecule has 1 aromatic heterocycles. The molecule has 47 heavy (non-hydrogen) atoms. The van der Waals surface area contributed by atoms with Gasteiger partial charge in [-0.3, -0.25) is 18.2 Å². The third kappa shape index (κ3) is 7.75. The number of rotatable bonds is 12. The normalized spacial score (nSPS) is 15.6. The lowest BCUT2D eigenvalue weighted by molar-refractivity contribution is -0.115. The number of likely N-dealkylation sites (N-methyl/N-ethyl adjacent to an activating group) is 1. The van der Waals surface area contributed by atoms with Crippen molar-refractivity contribution < 1.29 is 61.7 Å². The van der Waals surface area contributed by atoms with Gasteiger partial charge in [-0.15, -0.1) is 11.3 Å². The van der Waals surface area contributed by atoms with Gasteiger partial charge in [0.2, 0.25) is 0 Å². The van der Waals surface area contributed by atoms with E-state index >= 15 is 0 Å². The molecule has 0 radical (unpaired) electrons. The summed E-state index contributed by atoms with van der Waals surface area (Å²) in [6.45, 7) is 0.890. The van der Waals surface area contributed by atoms with Crippen LogP contribution in [0.3, 0.4) is 0 Å². The molecule has 4 rings (SSSR count). The first kappa shape index (κ1) is 36.2. The van der Waals surface area contributed by atoms with Crippen LogP contribution in [-0.4, -0.2) is 84.5 Å². The highest BCUT2D eigenvalue weighted by Crippen LogP contribution is 2.67. The summed E-state index contributed by atoms with van der Waals surface area (Å²) in [7, 11) is -14.3. The molecule has 0 saturated carbocycles. The number of benzene rings is 2. The smallest absolute Gasteiger partial charge is 0.373 e. The van der Waals surface area contributed by atoms with Gasteiger partial charge in [-0.2, -0.15) is 4.99 Å². The molecule has 0 aliphatic carbocycles. The van der Waals surface area contributed by atoms with Crippen molar-refractivity contribution in [3.63, 3.8) is 0 Å². The molecule has 0 bridgehead atoms. The third-order valence-electron chi connectivity index (χ3n) is 6.69. The molecule has 17 nitrogen and oxygen atoms in total. The molecule has 254 valence electrons. The minimum atomic E-state index is -5.69. The number of carbonyl (C=O) groups excluding carboxylic acids is 1. The fourth-order valence-corrected chi connectivity index (χ4v) is 8.29. The molecule has 0 spiro atoms. The second-order valence-electron chi connectivity index (χ2n) is 10.0. The number of oxime groups is 1. The van der Waals surface area contributed by atoms with Gasteiger partial charge in [-0.25, -0.2) is 8.42 Å². The Bertz CT molecular complexity index is 1990. The van der Waals surface area contributed by atoms with Crippen LogP contribution in [0.25, 0.3) is 5.76 Å². The third-order valence-corrected chi connectivity index (χ3v) is 13.1. The van der Waals surface area contributed by atoms with Crippen LogP contribution in [0.15, 0.2) is 75.5 Å². The fourth-order valence-electron chi connectivity index (χ4n) is 4.23. The van der Waals surface area contributed by atoms with E-state index in [2.05, 4.69) is 15.0 Å². The van der Waals surface area contributed by atoms with Crippen molar-refractivity contribution in [3.05, 3.63) is 81.2 Å². The molecule has 0 saturated heterocycles. The van der Waals surface area contributed by atoms with E-state index in [1.165, 1.54) is 42.6 Å². The van der Waals surface area contributed by atoms with Crippen LogP contribution in [0.2, 0.25) is 0 Å². The lowest BCUT2D eigenvalue weighted by atomic mass is 10.1. The van der Waals surface area contributed by atoms with Crippen molar-refractivity contribution in [2.45, 2.75) is 29.9 Å². The average Bonchev–Trinajstić information content (AvgIpc) is 3.34. The van der Waals surface area contributed by atoms with E-state index in [9.17, 15) is 32.6 Å². The molecule has 1 aliphatic rings. The largest absolute Gasteiger partial charge is 0.505 e. The number of sulfonamides is 1. The highest BCUT2D eigenvalue weighted by atomic mass is 32.2. The summed E-state index contributed by atoms with van der Waals surface area (Å²) in [5.41, 5.74) is -0.0835. The quantitative estimate of drug-likeness (QED) is 0.0671. The summed E-state index contributed by atoms with van der Waals surface area (Å²) in [5.74, 6) is -1.04. The Kier molecular flexibility index (Phi) is 10.7. The monoisotopic (exact) mass is 732 g/mol. The van der Waals surface area contributed by atoms with Gasteiger partial charge in [0.25, 0.3) is 10.0 Å². The van der Waals surface area contributed by atoms with E-state index in [1.807, 2.05) is 0 Å². The first-order valence-electron chi connectivity index (χ1n) is 13.4. The highest BCUT2D eigenvalue weighted by molar-refractivity contribution is 7.89. The van der Waals surface area contributed by atoms with Crippen LogP contribution in [0, 0.1) is 6.92 Å². The van der Waals surface area contributed by atoms with Crippen molar-refractivity contribution in [1.82, 2.24) is 8.87 Å². The maximum atomic E-state index is 13.2. The van der Waals surface area contributed by atoms with Gasteiger partial charge >= 0.3 is 26.2 Å². The molecule has 21 heteroatoms. The number of ether oxygens (including phenoxy) is 1. The minimum absolute atomic E-state index is 0.00592. The first-order valence-corrected chi connectivity index (χ1v) is 18.8. The van der Waals surface area contributed by atoms with Gasteiger partial charge in [0.05, 0.1) is 17.7 Å². The molecule has 6 N–H and O–H groups in total. The standard InChI is InChI=1S/C26H30N4O13P2S2/c1-17-15-30(25(46-17)28-24(32)22-23(31)20-9-3-4-10-21(20)47(40,41)29(22)2)11-6-12-42-19-8-5-7-18(13-19)14-27-43-16-26(33,44(34,35)36)45(37,38)39/h3-5,7-10,13-15,31,33H,6,11-12,16H2,1-2H3,(H2,34,35,36)(H2,37,38,39)/b27-14+,28-25?. The van der Waals surface area contributed by atoms with Crippen molar-refractivity contribution in [3.8, 4) is 5.75 Å². The molecule has 2 heterocycles. The van der Waals surface area contributed by atoms with Gasteiger partial charge in [0, 0.05) is 30.2 Å². The Morgan fingerprint density at radius 1 is 1.09 bits per heavy atom. The van der Waals surface area contributed by atoms with Gasteiger partial charge in [-0.1, -0.05) is 29.4 Å². The van der Waals surface area contributed by atoms with Crippen LogP contribution >= 0.6 is 26.5 Å². The van der Waals surface area contributed by atoms with Crippen molar-refractivity contribution in [1.29, 1.82) is 0 Å². The zero-order valence-corrected chi connectivity index (χ0v) is 28.1. The number of amides is 1.